The Labute approximate surface area is 69.3 Å². The first-order valence-electron chi connectivity index (χ1n) is 3.99. The van der Waals surface area contributed by atoms with E-state index in [0.29, 0.717) is 12.0 Å². The third-order valence-electron chi connectivity index (χ3n) is 2.50. The van der Waals surface area contributed by atoms with E-state index >= 15 is 0 Å². The summed E-state index contributed by atoms with van der Waals surface area (Å²) in [4.78, 5) is 2.75. The average Bonchev–Trinajstić information content (AvgIpc) is 2.00. The summed E-state index contributed by atoms with van der Waals surface area (Å²) >= 11 is 5.50. The first-order chi connectivity index (χ1) is 4.63. The van der Waals surface area contributed by atoms with Crippen molar-refractivity contribution in [1.82, 2.24) is 4.84 Å². The predicted octanol–water partition coefficient (Wildman–Crippen LogP) is 2.80. The fourth-order valence-corrected chi connectivity index (χ4v) is 1.16. The Hall–Kier alpha value is 0.250. The summed E-state index contributed by atoms with van der Waals surface area (Å²) in [5.41, 5.74) is 0. The molecule has 3 unspecified atom stereocenters. The third kappa shape index (κ3) is 2.89. The molecule has 0 heterocycles. The Morgan fingerprint density at radius 3 is 2.10 bits per heavy atom. The lowest BCUT2D eigenvalue weighted by Gasteiger charge is -2.23. The maximum Gasteiger partial charge on any atom is 0.0220 e. The minimum absolute atomic E-state index is 0.414. The molecule has 3 atom stereocenters. The minimum Gasteiger partial charge on any atom is -0.230 e. The van der Waals surface area contributed by atoms with Gasteiger partial charge in [-0.05, 0) is 30.5 Å². The van der Waals surface area contributed by atoms with Crippen LogP contribution in [0.2, 0.25) is 0 Å². The zero-order valence-electron chi connectivity index (χ0n) is 7.32. The van der Waals surface area contributed by atoms with Crippen molar-refractivity contribution in [2.24, 2.45) is 11.8 Å². The van der Waals surface area contributed by atoms with Gasteiger partial charge in [0.25, 0.3) is 0 Å². The third-order valence-corrected chi connectivity index (χ3v) is 2.85. The molecule has 0 aliphatic carbocycles. The quantitative estimate of drug-likeness (QED) is 0.629. The first kappa shape index (κ1) is 10.2. The molecule has 0 amide bonds. The fraction of sp³-hybridized carbons (Fsp3) is 1.00. The number of hydrogen-bond acceptors (Lipinski definition) is 1. The molecular weight excluding hydrogens is 146 g/mol. The summed E-state index contributed by atoms with van der Waals surface area (Å²) in [5, 5.41) is 0. The van der Waals surface area contributed by atoms with Crippen LogP contribution in [-0.2, 0) is 0 Å². The monoisotopic (exact) mass is 163 g/mol. The van der Waals surface area contributed by atoms with Gasteiger partial charge in [0.1, 0.15) is 0 Å². The van der Waals surface area contributed by atoms with Gasteiger partial charge in [-0.15, -0.1) is 0 Å². The van der Waals surface area contributed by atoms with Gasteiger partial charge in [0.05, 0.1) is 0 Å². The first-order valence-corrected chi connectivity index (χ1v) is 4.37. The maximum atomic E-state index is 5.50. The van der Waals surface area contributed by atoms with Gasteiger partial charge in [-0.1, -0.05) is 27.2 Å². The minimum atomic E-state index is 0.414. The lowest BCUT2D eigenvalue weighted by atomic mass is 9.88. The van der Waals surface area contributed by atoms with Crippen LogP contribution in [0.3, 0.4) is 0 Å². The highest BCUT2D eigenvalue weighted by Gasteiger charge is 2.16. The largest absolute Gasteiger partial charge is 0.230 e. The van der Waals surface area contributed by atoms with Crippen molar-refractivity contribution < 1.29 is 0 Å². The number of rotatable bonds is 4. The second kappa shape index (κ2) is 4.97. The zero-order valence-corrected chi connectivity index (χ0v) is 8.07. The SMILES string of the molecule is CCC(C)C(C)C(C)NCl. The van der Waals surface area contributed by atoms with Crippen LogP contribution < -0.4 is 4.84 Å². The lowest BCUT2D eigenvalue weighted by Crippen LogP contribution is -2.29. The normalized spacial score (nSPS) is 20.1. The molecule has 0 rings (SSSR count). The second-order valence-electron chi connectivity index (χ2n) is 3.14. The molecule has 1 N–H and O–H groups in total. The smallest absolute Gasteiger partial charge is 0.0220 e. The van der Waals surface area contributed by atoms with E-state index in [0.717, 1.165) is 5.92 Å². The molecule has 0 spiro atoms. The summed E-state index contributed by atoms with van der Waals surface area (Å²) in [5.74, 6) is 1.41. The van der Waals surface area contributed by atoms with Crippen molar-refractivity contribution in [2.45, 2.75) is 40.2 Å². The number of nitrogens with one attached hydrogen (secondary N) is 1. The zero-order chi connectivity index (χ0) is 8.15. The van der Waals surface area contributed by atoms with E-state index in [1.165, 1.54) is 6.42 Å². The average molecular weight is 164 g/mol. The molecule has 0 aromatic rings. The Morgan fingerprint density at radius 1 is 1.30 bits per heavy atom. The summed E-state index contributed by atoms with van der Waals surface area (Å²) in [7, 11) is 0. The predicted molar refractivity (Wildman–Crippen MR) is 47.1 cm³/mol. The van der Waals surface area contributed by atoms with Gasteiger partial charge in [0.15, 0.2) is 0 Å². The fourth-order valence-electron chi connectivity index (χ4n) is 0.964. The van der Waals surface area contributed by atoms with E-state index in [4.69, 9.17) is 11.8 Å². The van der Waals surface area contributed by atoms with Crippen molar-refractivity contribution in [3.63, 3.8) is 0 Å². The highest BCUT2D eigenvalue weighted by Crippen LogP contribution is 2.18. The summed E-state index contributed by atoms with van der Waals surface area (Å²) in [6, 6.07) is 0.414. The highest BCUT2D eigenvalue weighted by molar-refractivity contribution is 6.13. The second-order valence-corrected chi connectivity index (χ2v) is 3.36. The molecule has 0 aliphatic heterocycles. The van der Waals surface area contributed by atoms with Crippen LogP contribution in [0.15, 0.2) is 0 Å². The van der Waals surface area contributed by atoms with Crippen LogP contribution in [0.4, 0.5) is 0 Å². The molecule has 0 saturated carbocycles. The Bertz CT molecular complexity index is 75.3. The van der Waals surface area contributed by atoms with Gasteiger partial charge in [-0.25, -0.2) is 4.84 Å². The molecule has 1 nitrogen and oxygen atoms in total. The van der Waals surface area contributed by atoms with Crippen molar-refractivity contribution in [2.75, 3.05) is 0 Å². The van der Waals surface area contributed by atoms with Crippen LogP contribution >= 0.6 is 11.8 Å². The topological polar surface area (TPSA) is 12.0 Å². The standard InChI is InChI=1S/C8H18ClN/c1-5-6(2)7(3)8(4)10-9/h6-8,10H,5H2,1-4H3. The van der Waals surface area contributed by atoms with Gasteiger partial charge >= 0.3 is 0 Å². The summed E-state index contributed by atoms with van der Waals surface area (Å²) in [6.07, 6.45) is 1.23. The number of halogens is 1. The van der Waals surface area contributed by atoms with E-state index in [1.54, 1.807) is 0 Å². The molecule has 10 heavy (non-hydrogen) atoms. The molecule has 0 radical (unpaired) electrons. The van der Waals surface area contributed by atoms with Gasteiger partial charge < -0.3 is 0 Å². The molecular formula is C8H18ClN. The van der Waals surface area contributed by atoms with E-state index in [2.05, 4.69) is 32.5 Å². The van der Waals surface area contributed by atoms with Crippen molar-refractivity contribution in [3.8, 4) is 0 Å². The molecule has 0 saturated heterocycles. The Kier molecular flexibility index (Phi) is 5.10. The van der Waals surface area contributed by atoms with Gasteiger partial charge in [-0.3, -0.25) is 0 Å². The molecule has 0 aromatic heterocycles. The van der Waals surface area contributed by atoms with Crippen molar-refractivity contribution in [3.05, 3.63) is 0 Å². The summed E-state index contributed by atoms with van der Waals surface area (Å²) < 4.78 is 0. The van der Waals surface area contributed by atoms with E-state index in [1.807, 2.05) is 0 Å². The number of hydrogen-bond donors (Lipinski definition) is 1. The highest BCUT2D eigenvalue weighted by atomic mass is 35.5. The van der Waals surface area contributed by atoms with Gasteiger partial charge in [0.2, 0.25) is 0 Å². The van der Waals surface area contributed by atoms with Gasteiger partial charge in [0, 0.05) is 6.04 Å². The maximum absolute atomic E-state index is 5.50. The molecule has 0 aromatic carbocycles. The summed E-state index contributed by atoms with van der Waals surface area (Å²) in [6.45, 7) is 8.82. The molecule has 0 aliphatic rings. The Morgan fingerprint density at radius 2 is 1.80 bits per heavy atom. The van der Waals surface area contributed by atoms with Crippen LogP contribution in [0.25, 0.3) is 0 Å². The van der Waals surface area contributed by atoms with E-state index < -0.39 is 0 Å². The van der Waals surface area contributed by atoms with E-state index in [9.17, 15) is 0 Å². The molecule has 2 heteroatoms. The van der Waals surface area contributed by atoms with Crippen LogP contribution in [-0.4, -0.2) is 6.04 Å². The molecule has 62 valence electrons. The van der Waals surface area contributed by atoms with Gasteiger partial charge in [-0.2, -0.15) is 0 Å². The lowest BCUT2D eigenvalue weighted by molar-refractivity contribution is 0.317. The van der Waals surface area contributed by atoms with Crippen molar-refractivity contribution >= 4 is 11.8 Å². The Balaban J connectivity index is 3.69. The van der Waals surface area contributed by atoms with Crippen molar-refractivity contribution in [1.29, 1.82) is 0 Å². The van der Waals surface area contributed by atoms with Crippen LogP contribution in [0.1, 0.15) is 34.1 Å². The molecule has 0 bridgehead atoms. The van der Waals surface area contributed by atoms with Crippen LogP contribution in [0, 0.1) is 11.8 Å². The molecule has 0 fully saturated rings. The van der Waals surface area contributed by atoms with Crippen LogP contribution in [0.5, 0.6) is 0 Å². The van der Waals surface area contributed by atoms with E-state index in [-0.39, 0.29) is 0 Å².